The Morgan fingerprint density at radius 3 is 2.57 bits per heavy atom. The summed E-state index contributed by atoms with van der Waals surface area (Å²) in [6, 6.07) is 10.9. The van der Waals surface area contributed by atoms with Gasteiger partial charge in [-0.05, 0) is 25.1 Å². The first-order valence-corrected chi connectivity index (χ1v) is 6.82. The van der Waals surface area contributed by atoms with Crippen molar-refractivity contribution in [2.75, 3.05) is 11.2 Å². The first-order chi connectivity index (χ1) is 10.0. The van der Waals surface area contributed by atoms with E-state index < -0.39 is 17.5 Å². The van der Waals surface area contributed by atoms with Gasteiger partial charge in [0.05, 0.1) is 11.3 Å². The molecular weight excluding hydrogens is 293 g/mol. The minimum Gasteiger partial charge on any atom is -0.324 e. The van der Waals surface area contributed by atoms with Gasteiger partial charge in [0.25, 0.3) is 0 Å². The molecule has 0 aliphatic rings. The zero-order chi connectivity index (χ0) is 15.4. The lowest BCUT2D eigenvalue weighted by Gasteiger charge is -2.11. The van der Waals surface area contributed by atoms with Gasteiger partial charge in [0.1, 0.15) is 11.7 Å². The van der Waals surface area contributed by atoms with Gasteiger partial charge in [0, 0.05) is 5.56 Å². The summed E-state index contributed by atoms with van der Waals surface area (Å²) >= 11 is 5.42. The van der Waals surface area contributed by atoms with Gasteiger partial charge in [0.15, 0.2) is 5.78 Å². The highest BCUT2D eigenvalue weighted by Crippen LogP contribution is 2.23. The molecule has 0 bridgehead atoms. The summed E-state index contributed by atoms with van der Waals surface area (Å²) in [5.74, 6) is -1.94. The van der Waals surface area contributed by atoms with Crippen molar-refractivity contribution >= 4 is 29.0 Å². The van der Waals surface area contributed by atoms with E-state index in [0.29, 0.717) is 5.56 Å². The molecule has 2 rings (SSSR count). The number of ketones is 1. The number of carbonyl (C=O) groups excluding carboxylic acids is 2. The molecule has 5 heteroatoms. The lowest BCUT2D eigenvalue weighted by atomic mass is 9.99. The number of hydrogen-bond acceptors (Lipinski definition) is 2. The van der Waals surface area contributed by atoms with Crippen LogP contribution in [0.4, 0.5) is 10.1 Å². The van der Waals surface area contributed by atoms with Crippen LogP contribution in [0.5, 0.6) is 0 Å². The highest BCUT2D eigenvalue weighted by atomic mass is 35.5. The van der Waals surface area contributed by atoms with E-state index in [2.05, 4.69) is 5.32 Å². The Balaban J connectivity index is 2.47. The molecule has 2 aromatic rings. The predicted octanol–water partition coefficient (Wildman–Crippen LogP) is 3.54. The van der Waals surface area contributed by atoms with Crippen LogP contribution in [0.25, 0.3) is 0 Å². The number of alkyl halides is 1. The Hall–Kier alpha value is -2.20. The molecule has 0 aliphatic heterocycles. The van der Waals surface area contributed by atoms with Crippen LogP contribution < -0.4 is 5.32 Å². The lowest BCUT2D eigenvalue weighted by Crippen LogP contribution is -2.17. The van der Waals surface area contributed by atoms with E-state index in [1.807, 2.05) is 13.0 Å². The lowest BCUT2D eigenvalue weighted by molar-refractivity contribution is -0.113. The number of nitrogens with one attached hydrogen (secondary N) is 1. The highest BCUT2D eigenvalue weighted by Gasteiger charge is 2.19. The number of hydrogen-bond donors (Lipinski definition) is 1. The minimum absolute atomic E-state index is 0.118. The summed E-state index contributed by atoms with van der Waals surface area (Å²) in [6.45, 7) is 1.84. The van der Waals surface area contributed by atoms with Crippen molar-refractivity contribution in [3.05, 3.63) is 65.0 Å². The number of anilines is 1. The summed E-state index contributed by atoms with van der Waals surface area (Å²) in [5, 5.41) is 2.43. The molecule has 0 spiro atoms. The monoisotopic (exact) mass is 305 g/mol. The fraction of sp³-hybridized carbons (Fsp3) is 0.125. The molecule has 0 fully saturated rings. The zero-order valence-corrected chi connectivity index (χ0v) is 12.1. The molecule has 1 N–H and O–H groups in total. The number of carbonyl (C=O) groups is 2. The van der Waals surface area contributed by atoms with Crippen molar-refractivity contribution in [2.45, 2.75) is 6.92 Å². The Bertz CT molecular complexity index is 700. The standard InChI is InChI=1S/C16H13ClFNO2/c1-10-4-2-5-11(8-10)16(21)15-12(18)6-3-7-13(15)19-14(20)9-17/h2-8H,9H2,1H3,(H,19,20). The molecule has 0 atom stereocenters. The molecule has 0 saturated carbocycles. The average Bonchev–Trinajstić information content (AvgIpc) is 2.46. The van der Waals surface area contributed by atoms with Crippen LogP contribution in [-0.2, 0) is 4.79 Å². The molecule has 21 heavy (non-hydrogen) atoms. The van der Waals surface area contributed by atoms with Crippen LogP contribution in [0.15, 0.2) is 42.5 Å². The molecule has 0 saturated heterocycles. The number of rotatable bonds is 4. The second-order valence-electron chi connectivity index (χ2n) is 4.54. The van der Waals surface area contributed by atoms with Crippen molar-refractivity contribution in [3.63, 3.8) is 0 Å². The summed E-state index contributed by atoms with van der Waals surface area (Å²) in [4.78, 5) is 23.9. The number of amides is 1. The molecule has 108 valence electrons. The first kappa shape index (κ1) is 15.2. The second kappa shape index (κ2) is 6.50. The minimum atomic E-state index is -0.686. The van der Waals surface area contributed by atoms with Gasteiger partial charge >= 0.3 is 0 Å². The van der Waals surface area contributed by atoms with E-state index in [0.717, 1.165) is 5.56 Å². The summed E-state index contributed by atoms with van der Waals surface area (Å²) in [5.41, 5.74) is 1.21. The maximum absolute atomic E-state index is 14.0. The molecule has 0 unspecified atom stereocenters. The zero-order valence-electron chi connectivity index (χ0n) is 11.3. The van der Waals surface area contributed by atoms with Crippen molar-refractivity contribution in [1.82, 2.24) is 0 Å². The maximum atomic E-state index is 14.0. The molecule has 0 aliphatic carbocycles. The largest absolute Gasteiger partial charge is 0.324 e. The number of halogens is 2. The van der Waals surface area contributed by atoms with Crippen LogP contribution in [0.1, 0.15) is 21.5 Å². The van der Waals surface area contributed by atoms with Crippen LogP contribution >= 0.6 is 11.6 Å². The highest BCUT2D eigenvalue weighted by molar-refractivity contribution is 6.29. The average molecular weight is 306 g/mol. The van der Waals surface area contributed by atoms with Gasteiger partial charge in [-0.25, -0.2) is 4.39 Å². The Morgan fingerprint density at radius 1 is 1.19 bits per heavy atom. The van der Waals surface area contributed by atoms with Crippen molar-refractivity contribution in [1.29, 1.82) is 0 Å². The fourth-order valence-corrected chi connectivity index (χ4v) is 2.04. The van der Waals surface area contributed by atoms with Crippen LogP contribution in [-0.4, -0.2) is 17.6 Å². The van der Waals surface area contributed by atoms with E-state index in [1.165, 1.54) is 18.2 Å². The van der Waals surface area contributed by atoms with Crippen LogP contribution in [0.2, 0.25) is 0 Å². The van der Waals surface area contributed by atoms with Crippen LogP contribution in [0.3, 0.4) is 0 Å². The normalized spacial score (nSPS) is 10.2. The molecule has 0 radical (unpaired) electrons. The van der Waals surface area contributed by atoms with Gasteiger partial charge in [-0.2, -0.15) is 0 Å². The van der Waals surface area contributed by atoms with Crippen molar-refractivity contribution in [2.24, 2.45) is 0 Å². The van der Waals surface area contributed by atoms with Crippen LogP contribution in [0, 0.1) is 12.7 Å². The third-order valence-electron chi connectivity index (χ3n) is 2.92. The molecule has 1 amide bonds. The van der Waals surface area contributed by atoms with E-state index in [4.69, 9.17) is 11.6 Å². The Labute approximate surface area is 126 Å². The van der Waals surface area contributed by atoms with Gasteiger partial charge < -0.3 is 5.32 Å². The molecule has 2 aromatic carbocycles. The second-order valence-corrected chi connectivity index (χ2v) is 4.81. The smallest absolute Gasteiger partial charge is 0.239 e. The van der Waals surface area contributed by atoms with E-state index >= 15 is 0 Å². The molecule has 0 aromatic heterocycles. The van der Waals surface area contributed by atoms with Gasteiger partial charge in [0.2, 0.25) is 5.91 Å². The summed E-state index contributed by atoms with van der Waals surface area (Å²) in [7, 11) is 0. The van der Waals surface area contributed by atoms with Crippen molar-refractivity contribution < 1.29 is 14.0 Å². The third-order valence-corrected chi connectivity index (χ3v) is 3.16. The first-order valence-electron chi connectivity index (χ1n) is 6.28. The topological polar surface area (TPSA) is 46.2 Å². The Morgan fingerprint density at radius 2 is 1.90 bits per heavy atom. The Kier molecular flexibility index (Phi) is 4.70. The van der Waals surface area contributed by atoms with Gasteiger partial charge in [-0.15, -0.1) is 11.6 Å². The SMILES string of the molecule is Cc1cccc(C(=O)c2c(F)cccc2NC(=O)CCl)c1. The summed E-state index contributed by atoms with van der Waals surface area (Å²) < 4.78 is 14.0. The van der Waals surface area contributed by atoms with E-state index in [9.17, 15) is 14.0 Å². The number of benzene rings is 2. The van der Waals surface area contributed by atoms with E-state index in [1.54, 1.807) is 18.2 Å². The molecular formula is C16H13ClFNO2. The quantitative estimate of drug-likeness (QED) is 0.693. The maximum Gasteiger partial charge on any atom is 0.239 e. The molecule has 3 nitrogen and oxygen atoms in total. The predicted molar refractivity (Wildman–Crippen MR) is 80.4 cm³/mol. The summed E-state index contributed by atoms with van der Waals surface area (Å²) in [6.07, 6.45) is 0. The van der Waals surface area contributed by atoms with Gasteiger partial charge in [-0.3, -0.25) is 9.59 Å². The fourth-order valence-electron chi connectivity index (χ4n) is 1.97. The van der Waals surface area contributed by atoms with E-state index in [-0.39, 0.29) is 17.1 Å². The van der Waals surface area contributed by atoms with Crippen molar-refractivity contribution in [3.8, 4) is 0 Å². The number of aryl methyl sites for hydroxylation is 1. The van der Waals surface area contributed by atoms with Gasteiger partial charge in [-0.1, -0.05) is 29.8 Å². The molecule has 0 heterocycles. The third kappa shape index (κ3) is 3.47.